The van der Waals surface area contributed by atoms with Crippen LogP contribution in [0, 0.1) is 11.3 Å². The highest BCUT2D eigenvalue weighted by molar-refractivity contribution is 5.87. The second-order valence-corrected chi connectivity index (χ2v) is 3.51. The minimum absolute atomic E-state index is 0.0178. The van der Waals surface area contributed by atoms with Gasteiger partial charge in [-0.05, 0) is 13.1 Å². The summed E-state index contributed by atoms with van der Waals surface area (Å²) in [7, 11) is 2.00. The fourth-order valence-corrected chi connectivity index (χ4v) is 1.70. The number of nitrogens with zero attached hydrogens (tertiary/aromatic N) is 3. The van der Waals surface area contributed by atoms with Gasteiger partial charge in [0.05, 0.1) is 18.5 Å². The van der Waals surface area contributed by atoms with E-state index in [1.807, 2.05) is 7.05 Å². The average Bonchev–Trinajstić information content (AvgIpc) is 2.17. The molecule has 1 amide bonds. The first-order chi connectivity index (χ1) is 6.69. The lowest BCUT2D eigenvalue weighted by Crippen LogP contribution is -2.53. The maximum Gasteiger partial charge on any atom is 0.246 e. The number of hydrogen-bond donors (Lipinski definition) is 0. The lowest BCUT2D eigenvalue weighted by atomic mass is 10.1. The summed E-state index contributed by atoms with van der Waals surface area (Å²) in [5, 5.41) is 8.64. The molecule has 4 nitrogen and oxygen atoms in total. The van der Waals surface area contributed by atoms with Crippen molar-refractivity contribution >= 4 is 5.91 Å². The molecule has 0 saturated carbocycles. The van der Waals surface area contributed by atoms with Crippen LogP contribution in [0.3, 0.4) is 0 Å². The summed E-state index contributed by atoms with van der Waals surface area (Å²) in [5.74, 6) is -0.0710. The molecule has 0 aromatic carbocycles. The second-order valence-electron chi connectivity index (χ2n) is 3.51. The summed E-state index contributed by atoms with van der Waals surface area (Å²) < 4.78 is 0. The Labute approximate surface area is 84.4 Å². The number of hydrogen-bond acceptors (Lipinski definition) is 3. The molecular formula is C10H15N3O. The molecule has 1 fully saturated rings. The van der Waals surface area contributed by atoms with Gasteiger partial charge in [0.25, 0.3) is 0 Å². The predicted octanol–water partition coefficient (Wildman–Crippen LogP) is 0.229. The predicted molar refractivity (Wildman–Crippen MR) is 53.4 cm³/mol. The molecule has 0 radical (unpaired) electrons. The highest BCUT2D eigenvalue weighted by Crippen LogP contribution is 2.11. The van der Waals surface area contributed by atoms with E-state index in [1.165, 1.54) is 6.08 Å². The fourth-order valence-electron chi connectivity index (χ4n) is 1.70. The molecule has 0 spiro atoms. The molecule has 76 valence electrons. The normalized spacial score (nSPS) is 22.9. The molecule has 1 saturated heterocycles. The summed E-state index contributed by atoms with van der Waals surface area (Å²) in [6, 6.07) is 2.13. The SMILES string of the molecule is C=CC(=O)N1CCN(C)CC1CC#N. The third-order valence-electron chi connectivity index (χ3n) is 2.47. The van der Waals surface area contributed by atoms with Gasteiger partial charge >= 0.3 is 0 Å². The van der Waals surface area contributed by atoms with Crippen molar-refractivity contribution in [2.45, 2.75) is 12.5 Å². The fraction of sp³-hybridized carbons (Fsp3) is 0.600. The summed E-state index contributed by atoms with van der Waals surface area (Å²) in [6.07, 6.45) is 1.71. The first-order valence-electron chi connectivity index (χ1n) is 4.67. The maximum atomic E-state index is 11.4. The van der Waals surface area contributed by atoms with Gasteiger partial charge in [-0.25, -0.2) is 0 Å². The number of rotatable bonds is 2. The van der Waals surface area contributed by atoms with Crippen LogP contribution >= 0.6 is 0 Å². The number of carbonyl (C=O) groups excluding carboxylic acids is 1. The number of likely N-dealkylation sites (N-methyl/N-ethyl adjacent to an activating group) is 1. The highest BCUT2D eigenvalue weighted by Gasteiger charge is 2.27. The van der Waals surface area contributed by atoms with E-state index in [2.05, 4.69) is 17.5 Å². The van der Waals surface area contributed by atoms with Crippen LogP contribution in [-0.4, -0.2) is 48.4 Å². The van der Waals surface area contributed by atoms with Crippen LogP contribution in [0.2, 0.25) is 0 Å². The van der Waals surface area contributed by atoms with Crippen LogP contribution in [-0.2, 0) is 4.79 Å². The van der Waals surface area contributed by atoms with E-state index in [4.69, 9.17) is 5.26 Å². The average molecular weight is 193 g/mol. The van der Waals surface area contributed by atoms with Crippen LogP contribution < -0.4 is 0 Å². The van der Waals surface area contributed by atoms with E-state index in [9.17, 15) is 4.79 Å². The Balaban J connectivity index is 2.67. The molecule has 1 rings (SSSR count). The minimum Gasteiger partial charge on any atom is -0.333 e. The molecule has 1 heterocycles. The summed E-state index contributed by atoms with van der Waals surface area (Å²) >= 11 is 0. The van der Waals surface area contributed by atoms with E-state index >= 15 is 0 Å². The Morgan fingerprint density at radius 2 is 2.43 bits per heavy atom. The molecule has 4 heteroatoms. The first kappa shape index (κ1) is 10.7. The summed E-state index contributed by atoms with van der Waals surface area (Å²) in [5.41, 5.74) is 0. The maximum absolute atomic E-state index is 11.4. The first-order valence-corrected chi connectivity index (χ1v) is 4.67. The van der Waals surface area contributed by atoms with Gasteiger partial charge in [-0.2, -0.15) is 5.26 Å². The molecule has 0 aromatic heterocycles. The van der Waals surface area contributed by atoms with Crippen LogP contribution in [0.15, 0.2) is 12.7 Å². The molecule has 0 aromatic rings. The van der Waals surface area contributed by atoms with Gasteiger partial charge in [0, 0.05) is 19.6 Å². The molecule has 0 bridgehead atoms. The van der Waals surface area contributed by atoms with Crippen LogP contribution in [0.25, 0.3) is 0 Å². The van der Waals surface area contributed by atoms with E-state index in [1.54, 1.807) is 4.90 Å². The van der Waals surface area contributed by atoms with Crippen LogP contribution in [0.5, 0.6) is 0 Å². The number of amides is 1. The lowest BCUT2D eigenvalue weighted by molar-refractivity contribution is -0.130. The third-order valence-corrected chi connectivity index (χ3v) is 2.47. The van der Waals surface area contributed by atoms with Gasteiger partial charge in [0.15, 0.2) is 0 Å². The zero-order chi connectivity index (χ0) is 10.6. The van der Waals surface area contributed by atoms with E-state index < -0.39 is 0 Å². The van der Waals surface area contributed by atoms with E-state index in [-0.39, 0.29) is 11.9 Å². The van der Waals surface area contributed by atoms with Crippen molar-refractivity contribution in [2.24, 2.45) is 0 Å². The summed E-state index contributed by atoms with van der Waals surface area (Å²) in [4.78, 5) is 15.3. The molecule has 1 unspecified atom stereocenters. The lowest BCUT2D eigenvalue weighted by Gasteiger charge is -2.38. The van der Waals surface area contributed by atoms with Crippen molar-refractivity contribution in [1.82, 2.24) is 9.80 Å². The Bertz CT molecular complexity index is 269. The van der Waals surface area contributed by atoms with Crippen molar-refractivity contribution in [3.63, 3.8) is 0 Å². The zero-order valence-electron chi connectivity index (χ0n) is 8.44. The van der Waals surface area contributed by atoms with Crippen LogP contribution in [0.1, 0.15) is 6.42 Å². The number of piperazine rings is 1. The molecule has 0 N–H and O–H groups in total. The quantitative estimate of drug-likeness (QED) is 0.590. The molecular weight excluding hydrogens is 178 g/mol. The van der Waals surface area contributed by atoms with Gasteiger partial charge in [-0.3, -0.25) is 4.79 Å². The van der Waals surface area contributed by atoms with Crippen molar-refractivity contribution in [2.75, 3.05) is 26.7 Å². The molecule has 0 aliphatic carbocycles. The monoisotopic (exact) mass is 193 g/mol. The largest absolute Gasteiger partial charge is 0.333 e. The van der Waals surface area contributed by atoms with Gasteiger partial charge in [-0.15, -0.1) is 0 Å². The molecule has 1 aliphatic rings. The van der Waals surface area contributed by atoms with E-state index in [0.717, 1.165) is 13.1 Å². The van der Waals surface area contributed by atoms with Crippen molar-refractivity contribution in [1.29, 1.82) is 5.26 Å². The Morgan fingerprint density at radius 1 is 1.71 bits per heavy atom. The Kier molecular flexibility index (Phi) is 3.66. The van der Waals surface area contributed by atoms with Crippen molar-refractivity contribution in [3.8, 4) is 6.07 Å². The molecule has 14 heavy (non-hydrogen) atoms. The number of nitriles is 1. The van der Waals surface area contributed by atoms with Gasteiger partial charge in [0.2, 0.25) is 5.91 Å². The Morgan fingerprint density at radius 3 is 3.00 bits per heavy atom. The molecule has 1 atom stereocenters. The highest BCUT2D eigenvalue weighted by atomic mass is 16.2. The van der Waals surface area contributed by atoms with E-state index in [0.29, 0.717) is 13.0 Å². The molecule has 1 aliphatic heterocycles. The third kappa shape index (κ3) is 2.33. The second kappa shape index (κ2) is 4.77. The van der Waals surface area contributed by atoms with Gasteiger partial charge in [-0.1, -0.05) is 6.58 Å². The van der Waals surface area contributed by atoms with Gasteiger partial charge in [0.1, 0.15) is 0 Å². The Hall–Kier alpha value is -1.34. The number of carbonyl (C=O) groups is 1. The van der Waals surface area contributed by atoms with Crippen molar-refractivity contribution in [3.05, 3.63) is 12.7 Å². The topological polar surface area (TPSA) is 47.3 Å². The smallest absolute Gasteiger partial charge is 0.246 e. The van der Waals surface area contributed by atoms with Gasteiger partial charge < -0.3 is 9.80 Å². The zero-order valence-corrected chi connectivity index (χ0v) is 8.44. The standard InChI is InChI=1S/C10H15N3O/c1-3-10(14)13-7-6-12(2)8-9(13)4-5-11/h3,9H,1,4,6-8H2,2H3. The minimum atomic E-state index is -0.0710. The summed E-state index contributed by atoms with van der Waals surface area (Å²) in [6.45, 7) is 5.78. The van der Waals surface area contributed by atoms with Crippen molar-refractivity contribution < 1.29 is 4.79 Å². The van der Waals surface area contributed by atoms with Crippen LogP contribution in [0.4, 0.5) is 0 Å².